The van der Waals surface area contributed by atoms with Crippen LogP contribution in [0.25, 0.3) is 0 Å². The molecule has 0 spiro atoms. The van der Waals surface area contributed by atoms with Gasteiger partial charge in [-0.3, -0.25) is 4.79 Å². The molecule has 0 saturated carbocycles. The van der Waals surface area contributed by atoms with Gasteiger partial charge in [-0.25, -0.2) is 4.79 Å². The fraction of sp³-hybridized carbons (Fsp3) is 0.500. The number of rotatable bonds is 4. The lowest BCUT2D eigenvalue weighted by Gasteiger charge is -2.36. The number of esters is 1. The molecule has 1 aromatic carbocycles. The zero-order valence-corrected chi connectivity index (χ0v) is 13.2. The first-order valence-corrected chi connectivity index (χ1v) is 7.66. The highest BCUT2D eigenvalue weighted by Crippen LogP contribution is 2.26. The van der Waals surface area contributed by atoms with Gasteiger partial charge in [-0.1, -0.05) is 6.92 Å². The summed E-state index contributed by atoms with van der Waals surface area (Å²) in [6.07, 6.45) is 0.538. The molecule has 120 valence electrons. The first-order valence-electron chi connectivity index (χ1n) is 7.66. The molecule has 0 aliphatic carbocycles. The van der Waals surface area contributed by atoms with Crippen LogP contribution in [-0.4, -0.2) is 49.6 Å². The summed E-state index contributed by atoms with van der Waals surface area (Å²) in [4.78, 5) is 27.4. The van der Waals surface area contributed by atoms with Crippen LogP contribution >= 0.6 is 0 Å². The van der Waals surface area contributed by atoms with Gasteiger partial charge in [0.2, 0.25) is 5.91 Å². The lowest BCUT2D eigenvalue weighted by Crippen LogP contribution is -2.48. The number of carbonyl (C=O) groups excluding carboxylic acids is 2. The van der Waals surface area contributed by atoms with Crippen LogP contribution in [-0.2, 0) is 9.53 Å². The molecule has 1 heterocycles. The second kappa shape index (κ2) is 7.15. The summed E-state index contributed by atoms with van der Waals surface area (Å²) >= 11 is 0. The summed E-state index contributed by atoms with van der Waals surface area (Å²) in [5.41, 5.74) is 7.99. The minimum atomic E-state index is -0.362. The van der Waals surface area contributed by atoms with Gasteiger partial charge in [0.05, 0.1) is 23.5 Å². The maximum absolute atomic E-state index is 11.7. The molecule has 1 saturated heterocycles. The number of anilines is 2. The van der Waals surface area contributed by atoms with Gasteiger partial charge >= 0.3 is 5.97 Å². The fourth-order valence-corrected chi connectivity index (χ4v) is 2.60. The molecule has 1 aromatic rings. The van der Waals surface area contributed by atoms with E-state index in [1.54, 1.807) is 19.1 Å². The molecule has 1 amide bonds. The van der Waals surface area contributed by atoms with Crippen molar-refractivity contribution in [3.8, 4) is 0 Å². The molecule has 1 aliphatic rings. The van der Waals surface area contributed by atoms with E-state index in [9.17, 15) is 9.59 Å². The van der Waals surface area contributed by atoms with Crippen LogP contribution < -0.4 is 10.6 Å². The summed E-state index contributed by atoms with van der Waals surface area (Å²) in [6, 6.07) is 5.23. The van der Waals surface area contributed by atoms with Gasteiger partial charge in [0.1, 0.15) is 0 Å². The molecule has 6 heteroatoms. The standard InChI is InChI=1S/C16H23N3O3/c1-3-15(20)19-9-7-18(8-10-19)14-6-5-12(11-13(14)17)16(21)22-4-2/h5-6,11H,3-4,7-10,17H2,1-2H3. The van der Waals surface area contributed by atoms with Gasteiger partial charge in [-0.05, 0) is 25.1 Å². The average molecular weight is 305 g/mol. The van der Waals surface area contributed by atoms with Crippen molar-refractivity contribution >= 4 is 23.3 Å². The minimum Gasteiger partial charge on any atom is -0.462 e. The maximum Gasteiger partial charge on any atom is 0.338 e. The summed E-state index contributed by atoms with van der Waals surface area (Å²) in [6.45, 7) is 6.88. The number of amides is 1. The van der Waals surface area contributed by atoms with E-state index in [1.807, 2.05) is 17.9 Å². The van der Waals surface area contributed by atoms with E-state index in [0.29, 0.717) is 37.4 Å². The van der Waals surface area contributed by atoms with Gasteiger partial charge < -0.3 is 20.3 Å². The number of carbonyl (C=O) groups is 2. The van der Waals surface area contributed by atoms with Crippen molar-refractivity contribution in [3.63, 3.8) is 0 Å². The van der Waals surface area contributed by atoms with E-state index in [4.69, 9.17) is 10.5 Å². The third-order valence-corrected chi connectivity index (χ3v) is 3.81. The second-order valence-electron chi connectivity index (χ2n) is 5.22. The Labute approximate surface area is 130 Å². The topological polar surface area (TPSA) is 75.9 Å². The number of piperazine rings is 1. The molecule has 2 rings (SSSR count). The Hall–Kier alpha value is -2.24. The smallest absolute Gasteiger partial charge is 0.338 e. The predicted octanol–water partition coefficient (Wildman–Crippen LogP) is 1.50. The fourth-order valence-electron chi connectivity index (χ4n) is 2.60. The Kier molecular flexibility index (Phi) is 5.25. The predicted molar refractivity (Wildman–Crippen MR) is 85.9 cm³/mol. The van der Waals surface area contributed by atoms with Crippen LogP contribution in [0.5, 0.6) is 0 Å². The molecule has 0 bridgehead atoms. The van der Waals surface area contributed by atoms with Crippen molar-refractivity contribution in [2.24, 2.45) is 0 Å². The van der Waals surface area contributed by atoms with Crippen molar-refractivity contribution in [2.45, 2.75) is 20.3 Å². The number of hydrogen-bond acceptors (Lipinski definition) is 5. The highest BCUT2D eigenvalue weighted by molar-refractivity contribution is 5.92. The van der Waals surface area contributed by atoms with Crippen LogP contribution in [0, 0.1) is 0 Å². The molecule has 22 heavy (non-hydrogen) atoms. The van der Waals surface area contributed by atoms with Gasteiger partial charge in [0.15, 0.2) is 0 Å². The number of nitrogen functional groups attached to an aromatic ring is 1. The number of benzene rings is 1. The van der Waals surface area contributed by atoms with Crippen molar-refractivity contribution in [1.82, 2.24) is 4.90 Å². The zero-order chi connectivity index (χ0) is 16.1. The highest BCUT2D eigenvalue weighted by Gasteiger charge is 2.21. The SMILES string of the molecule is CCOC(=O)c1ccc(N2CCN(C(=O)CC)CC2)c(N)c1. The normalized spacial score (nSPS) is 14.8. The molecule has 0 atom stereocenters. The lowest BCUT2D eigenvalue weighted by atomic mass is 10.1. The molecule has 0 aromatic heterocycles. The second-order valence-corrected chi connectivity index (χ2v) is 5.22. The summed E-state index contributed by atoms with van der Waals surface area (Å²) in [5.74, 6) is -0.176. The number of nitrogens with two attached hydrogens (primary N) is 1. The van der Waals surface area contributed by atoms with E-state index < -0.39 is 0 Å². The summed E-state index contributed by atoms with van der Waals surface area (Å²) in [7, 11) is 0. The molecule has 1 fully saturated rings. The molecule has 0 radical (unpaired) electrons. The number of hydrogen-bond donors (Lipinski definition) is 1. The minimum absolute atomic E-state index is 0.185. The monoisotopic (exact) mass is 305 g/mol. The van der Waals surface area contributed by atoms with Gasteiger partial charge in [-0.15, -0.1) is 0 Å². The molecule has 6 nitrogen and oxygen atoms in total. The van der Waals surface area contributed by atoms with Crippen molar-refractivity contribution in [2.75, 3.05) is 43.4 Å². The first-order chi connectivity index (χ1) is 10.6. The van der Waals surface area contributed by atoms with Gasteiger partial charge in [-0.2, -0.15) is 0 Å². The third-order valence-electron chi connectivity index (χ3n) is 3.81. The van der Waals surface area contributed by atoms with Crippen LogP contribution in [0.1, 0.15) is 30.6 Å². The third kappa shape index (κ3) is 3.50. The highest BCUT2D eigenvalue weighted by atomic mass is 16.5. The molecule has 2 N–H and O–H groups in total. The van der Waals surface area contributed by atoms with Gasteiger partial charge in [0.25, 0.3) is 0 Å². The van der Waals surface area contributed by atoms with E-state index >= 15 is 0 Å². The first kappa shape index (κ1) is 16.1. The van der Waals surface area contributed by atoms with Crippen LogP contribution in [0.3, 0.4) is 0 Å². The number of ether oxygens (including phenoxy) is 1. The lowest BCUT2D eigenvalue weighted by molar-refractivity contribution is -0.131. The van der Waals surface area contributed by atoms with Crippen LogP contribution in [0.15, 0.2) is 18.2 Å². The van der Waals surface area contributed by atoms with E-state index in [2.05, 4.69) is 4.90 Å². The Balaban J connectivity index is 2.05. The number of nitrogens with zero attached hydrogens (tertiary/aromatic N) is 2. The summed E-state index contributed by atoms with van der Waals surface area (Å²) in [5, 5.41) is 0. The summed E-state index contributed by atoms with van der Waals surface area (Å²) < 4.78 is 4.97. The Morgan fingerprint density at radius 2 is 1.86 bits per heavy atom. The van der Waals surface area contributed by atoms with Crippen molar-refractivity contribution < 1.29 is 14.3 Å². The quantitative estimate of drug-likeness (QED) is 0.674. The largest absolute Gasteiger partial charge is 0.462 e. The molecular formula is C16H23N3O3. The van der Waals surface area contributed by atoms with Crippen LogP contribution in [0.4, 0.5) is 11.4 Å². The molecule has 0 unspecified atom stereocenters. The van der Waals surface area contributed by atoms with E-state index in [-0.39, 0.29) is 11.9 Å². The van der Waals surface area contributed by atoms with Crippen LogP contribution in [0.2, 0.25) is 0 Å². The Morgan fingerprint density at radius 1 is 1.18 bits per heavy atom. The molecular weight excluding hydrogens is 282 g/mol. The van der Waals surface area contributed by atoms with Crippen molar-refractivity contribution in [3.05, 3.63) is 23.8 Å². The Bertz CT molecular complexity index is 552. The van der Waals surface area contributed by atoms with Gasteiger partial charge in [0, 0.05) is 32.6 Å². The van der Waals surface area contributed by atoms with E-state index in [0.717, 1.165) is 18.8 Å². The maximum atomic E-state index is 11.7. The molecule has 1 aliphatic heterocycles. The van der Waals surface area contributed by atoms with E-state index in [1.165, 1.54) is 0 Å². The Morgan fingerprint density at radius 3 is 2.41 bits per heavy atom. The van der Waals surface area contributed by atoms with Crippen molar-refractivity contribution in [1.29, 1.82) is 0 Å². The zero-order valence-electron chi connectivity index (χ0n) is 13.2. The average Bonchev–Trinajstić information content (AvgIpc) is 2.54.